The minimum absolute atomic E-state index is 0.0853. The van der Waals surface area contributed by atoms with Crippen molar-refractivity contribution in [1.82, 2.24) is 4.90 Å². The molecule has 1 aliphatic carbocycles. The fraction of sp³-hybridized carbons (Fsp3) is 0.533. The van der Waals surface area contributed by atoms with Crippen molar-refractivity contribution < 1.29 is 0 Å². The van der Waals surface area contributed by atoms with E-state index >= 15 is 0 Å². The molecule has 3 unspecified atom stereocenters. The summed E-state index contributed by atoms with van der Waals surface area (Å²) in [6, 6.07) is 21.3. The molecule has 3 aliphatic rings. The first-order valence-corrected chi connectivity index (χ1v) is 12.7. The molecule has 2 nitrogen and oxygen atoms in total. The maximum Gasteiger partial charge on any atom is 0.107 e. The second kappa shape index (κ2) is 7.97. The minimum atomic E-state index is 0.0853. The molecule has 0 bridgehead atoms. The van der Waals surface area contributed by atoms with Crippen LogP contribution in [0.2, 0.25) is 0 Å². The van der Waals surface area contributed by atoms with E-state index in [0.717, 1.165) is 0 Å². The van der Waals surface area contributed by atoms with Crippen molar-refractivity contribution in [2.75, 3.05) is 4.90 Å². The average molecular weight is 429 g/mol. The van der Waals surface area contributed by atoms with E-state index in [2.05, 4.69) is 111 Å². The molecule has 2 heterocycles. The zero-order chi connectivity index (χ0) is 22.5. The Morgan fingerprint density at radius 2 is 1.53 bits per heavy atom. The van der Waals surface area contributed by atoms with Crippen LogP contribution in [-0.4, -0.2) is 23.1 Å². The van der Waals surface area contributed by atoms with E-state index in [1.807, 2.05) is 0 Å². The Bertz CT molecular complexity index is 966. The lowest BCUT2D eigenvalue weighted by molar-refractivity contribution is 0.116. The van der Waals surface area contributed by atoms with E-state index in [0.29, 0.717) is 24.2 Å². The van der Waals surface area contributed by atoms with Gasteiger partial charge in [0.15, 0.2) is 0 Å². The van der Waals surface area contributed by atoms with Crippen LogP contribution in [0.1, 0.15) is 70.9 Å². The van der Waals surface area contributed by atoms with Crippen LogP contribution in [0.5, 0.6) is 0 Å². The van der Waals surface area contributed by atoms with Gasteiger partial charge in [-0.1, -0.05) is 94.6 Å². The minimum Gasteiger partial charge on any atom is -0.351 e. The molecule has 1 saturated heterocycles. The number of hydrogen-bond donors (Lipinski definition) is 0. The van der Waals surface area contributed by atoms with Gasteiger partial charge in [0, 0.05) is 22.6 Å². The number of rotatable bonds is 3. The molecule has 0 aromatic heterocycles. The second-order valence-corrected chi connectivity index (χ2v) is 11.5. The van der Waals surface area contributed by atoms with Crippen LogP contribution >= 0.6 is 0 Å². The molecule has 2 aromatic rings. The van der Waals surface area contributed by atoms with E-state index in [-0.39, 0.29) is 10.8 Å². The van der Waals surface area contributed by atoms with Crippen LogP contribution in [0.15, 0.2) is 66.9 Å². The van der Waals surface area contributed by atoms with Crippen molar-refractivity contribution in [3.8, 4) is 0 Å². The lowest BCUT2D eigenvalue weighted by Crippen LogP contribution is -2.51. The Labute approximate surface area is 195 Å². The van der Waals surface area contributed by atoms with Crippen molar-refractivity contribution >= 4 is 5.69 Å². The van der Waals surface area contributed by atoms with Gasteiger partial charge in [-0.2, -0.15) is 0 Å². The monoisotopic (exact) mass is 428 g/mol. The predicted molar refractivity (Wildman–Crippen MR) is 136 cm³/mol. The fourth-order valence-electron chi connectivity index (χ4n) is 7.30. The SMILES string of the molecule is Cc1ccccc1N1C(C(C)(C)C)N2C=CC(c3ccccc3)(C3CCCCC3)C2[C@@H]1C. The van der Waals surface area contributed by atoms with E-state index in [1.54, 1.807) is 0 Å². The molecule has 0 N–H and O–H groups in total. The van der Waals surface area contributed by atoms with E-state index in [4.69, 9.17) is 0 Å². The molecule has 2 aromatic carbocycles. The molecule has 1 saturated carbocycles. The van der Waals surface area contributed by atoms with Crippen LogP contribution < -0.4 is 4.90 Å². The van der Waals surface area contributed by atoms with Gasteiger partial charge in [-0.3, -0.25) is 0 Å². The van der Waals surface area contributed by atoms with Crippen LogP contribution in [0.3, 0.4) is 0 Å². The highest BCUT2D eigenvalue weighted by Crippen LogP contribution is 2.56. The molecular formula is C30H40N2. The summed E-state index contributed by atoms with van der Waals surface area (Å²) in [6.45, 7) is 12.0. The lowest BCUT2D eigenvalue weighted by Gasteiger charge is -2.46. The topological polar surface area (TPSA) is 6.48 Å². The van der Waals surface area contributed by atoms with Crippen molar-refractivity contribution in [3.05, 3.63) is 78.0 Å². The van der Waals surface area contributed by atoms with Crippen molar-refractivity contribution in [2.45, 2.75) is 90.4 Å². The van der Waals surface area contributed by atoms with Gasteiger partial charge < -0.3 is 9.80 Å². The molecule has 5 rings (SSSR count). The van der Waals surface area contributed by atoms with Gasteiger partial charge in [0.2, 0.25) is 0 Å². The molecule has 0 radical (unpaired) electrons. The lowest BCUT2D eigenvalue weighted by atomic mass is 9.61. The van der Waals surface area contributed by atoms with Crippen molar-refractivity contribution in [1.29, 1.82) is 0 Å². The van der Waals surface area contributed by atoms with E-state index in [9.17, 15) is 0 Å². The number of anilines is 1. The number of para-hydroxylation sites is 1. The third-order valence-corrected chi connectivity index (χ3v) is 8.50. The average Bonchev–Trinajstić information content (AvgIpc) is 3.32. The van der Waals surface area contributed by atoms with Gasteiger partial charge in [0.05, 0.1) is 6.04 Å². The molecule has 2 aliphatic heterocycles. The van der Waals surface area contributed by atoms with E-state index in [1.165, 1.54) is 48.9 Å². The summed E-state index contributed by atoms with van der Waals surface area (Å²) < 4.78 is 0. The van der Waals surface area contributed by atoms with Crippen LogP contribution in [-0.2, 0) is 5.41 Å². The molecule has 2 fully saturated rings. The maximum atomic E-state index is 2.75. The third-order valence-electron chi connectivity index (χ3n) is 8.50. The molecular weight excluding hydrogens is 388 g/mol. The zero-order valence-corrected chi connectivity index (χ0v) is 20.6. The molecule has 0 amide bonds. The van der Waals surface area contributed by atoms with Crippen LogP contribution in [0.4, 0.5) is 5.69 Å². The summed E-state index contributed by atoms with van der Waals surface area (Å²) in [6.07, 6.45) is 12.3. The summed E-state index contributed by atoms with van der Waals surface area (Å²) in [4.78, 5) is 5.50. The van der Waals surface area contributed by atoms with Crippen LogP contribution in [0, 0.1) is 18.3 Å². The first kappa shape index (κ1) is 21.6. The Morgan fingerprint density at radius 1 is 0.875 bits per heavy atom. The highest BCUT2D eigenvalue weighted by atomic mass is 15.5. The molecule has 32 heavy (non-hydrogen) atoms. The smallest absolute Gasteiger partial charge is 0.107 e. The Balaban J connectivity index is 1.68. The standard InChI is InChI=1S/C30H40N2/c1-22-14-12-13-19-26(22)32-23(2)27-30(24-15-8-6-9-16-24,25-17-10-7-11-18-25)20-21-31(27)28(32)29(3,4)5/h6,8-9,12-16,19-21,23,25,27-28H,7,10-11,17-18H2,1-5H3/t23-,27?,28?,30?/m0/s1. The summed E-state index contributed by atoms with van der Waals surface area (Å²) >= 11 is 0. The van der Waals surface area contributed by atoms with E-state index < -0.39 is 0 Å². The molecule has 2 heteroatoms. The zero-order valence-electron chi connectivity index (χ0n) is 20.6. The summed E-state index contributed by atoms with van der Waals surface area (Å²) in [5.41, 5.74) is 4.51. The highest BCUT2D eigenvalue weighted by molar-refractivity contribution is 5.58. The predicted octanol–water partition coefficient (Wildman–Crippen LogP) is 7.29. The Hall–Kier alpha value is -2.22. The Kier molecular flexibility index (Phi) is 5.39. The summed E-state index contributed by atoms with van der Waals surface area (Å²) in [5, 5.41) is 0. The third kappa shape index (κ3) is 3.21. The quantitative estimate of drug-likeness (QED) is 0.506. The van der Waals surface area contributed by atoms with Crippen molar-refractivity contribution in [3.63, 3.8) is 0 Å². The number of benzene rings is 2. The maximum absolute atomic E-state index is 2.75. The van der Waals surface area contributed by atoms with Crippen molar-refractivity contribution in [2.24, 2.45) is 11.3 Å². The normalized spacial score (nSPS) is 30.7. The molecule has 4 atom stereocenters. The molecule has 170 valence electrons. The number of hydrogen-bond acceptors (Lipinski definition) is 2. The van der Waals surface area contributed by atoms with Gasteiger partial charge in [-0.25, -0.2) is 0 Å². The van der Waals surface area contributed by atoms with Gasteiger partial charge in [-0.05, 0) is 56.0 Å². The van der Waals surface area contributed by atoms with Gasteiger partial charge in [0.1, 0.15) is 6.17 Å². The fourth-order valence-corrected chi connectivity index (χ4v) is 7.30. The Morgan fingerprint density at radius 3 is 2.19 bits per heavy atom. The first-order chi connectivity index (χ1) is 15.4. The van der Waals surface area contributed by atoms with Gasteiger partial charge >= 0.3 is 0 Å². The second-order valence-electron chi connectivity index (χ2n) is 11.5. The number of nitrogens with zero attached hydrogens (tertiary/aromatic N) is 2. The molecule has 0 spiro atoms. The largest absolute Gasteiger partial charge is 0.351 e. The number of aryl methyl sites for hydroxylation is 1. The highest BCUT2D eigenvalue weighted by Gasteiger charge is 2.60. The van der Waals surface area contributed by atoms with Crippen LogP contribution in [0.25, 0.3) is 0 Å². The number of fused-ring (bicyclic) bond motifs is 1. The summed E-state index contributed by atoms with van der Waals surface area (Å²) in [5.74, 6) is 0.713. The first-order valence-electron chi connectivity index (χ1n) is 12.7. The van der Waals surface area contributed by atoms with Gasteiger partial charge in [0.25, 0.3) is 0 Å². The summed E-state index contributed by atoms with van der Waals surface area (Å²) in [7, 11) is 0. The van der Waals surface area contributed by atoms with Gasteiger partial charge in [-0.15, -0.1) is 0 Å².